The van der Waals surface area contributed by atoms with Gasteiger partial charge in [-0.05, 0) is 24.3 Å². The van der Waals surface area contributed by atoms with Crippen LogP contribution in [0.15, 0.2) is 54.6 Å². The monoisotopic (exact) mass is 391 g/mol. The van der Waals surface area contributed by atoms with Crippen LogP contribution in [0, 0.1) is 0 Å². The Morgan fingerprint density at radius 3 is 2.41 bits per heavy atom. The van der Waals surface area contributed by atoms with Gasteiger partial charge >= 0.3 is 0 Å². The first-order chi connectivity index (χ1) is 14.2. The van der Waals surface area contributed by atoms with Gasteiger partial charge in [0.15, 0.2) is 5.79 Å². The standard InChI is InChI=1S/C23H25N3O3/c27-22(25-14-12-23(13-15-25)28-16-17-29-23)11-10-21-24-19-8-4-5-9-20(19)26(21)18-6-2-1-3-7-18/h1-9H,10-17H2. The van der Waals surface area contributed by atoms with E-state index in [9.17, 15) is 4.79 Å². The van der Waals surface area contributed by atoms with Gasteiger partial charge in [-0.15, -0.1) is 0 Å². The van der Waals surface area contributed by atoms with E-state index in [4.69, 9.17) is 14.5 Å². The van der Waals surface area contributed by atoms with E-state index < -0.39 is 5.79 Å². The van der Waals surface area contributed by atoms with Gasteiger partial charge in [-0.3, -0.25) is 9.36 Å². The lowest BCUT2D eigenvalue weighted by Crippen LogP contribution is -2.47. The lowest BCUT2D eigenvalue weighted by molar-refractivity contribution is -0.187. The normalized spacial score (nSPS) is 18.6. The summed E-state index contributed by atoms with van der Waals surface area (Å²) < 4.78 is 13.7. The maximum atomic E-state index is 12.8. The number of benzene rings is 2. The van der Waals surface area contributed by atoms with Crippen molar-refractivity contribution in [3.63, 3.8) is 0 Å². The number of para-hydroxylation sites is 3. The summed E-state index contributed by atoms with van der Waals surface area (Å²) in [5, 5.41) is 0. The van der Waals surface area contributed by atoms with Crippen molar-refractivity contribution in [1.29, 1.82) is 0 Å². The number of aromatic nitrogens is 2. The zero-order chi connectivity index (χ0) is 19.7. The number of imidazole rings is 1. The molecule has 6 heteroatoms. The number of piperidine rings is 1. The molecule has 3 heterocycles. The number of nitrogens with zero attached hydrogens (tertiary/aromatic N) is 3. The Balaban J connectivity index is 1.31. The Morgan fingerprint density at radius 1 is 0.966 bits per heavy atom. The lowest BCUT2D eigenvalue weighted by Gasteiger charge is -2.37. The number of amides is 1. The number of carbonyl (C=O) groups excluding carboxylic acids is 1. The van der Waals surface area contributed by atoms with E-state index in [0.717, 1.165) is 35.4 Å². The molecular formula is C23H25N3O3. The Kier molecular flexibility index (Phi) is 4.81. The SMILES string of the molecule is O=C(CCc1nc2ccccc2n1-c1ccccc1)N1CCC2(CC1)OCCO2. The summed E-state index contributed by atoms with van der Waals surface area (Å²) >= 11 is 0. The van der Waals surface area contributed by atoms with Crippen LogP contribution >= 0.6 is 0 Å². The number of ether oxygens (including phenoxy) is 2. The van der Waals surface area contributed by atoms with Gasteiger partial charge in [0.25, 0.3) is 0 Å². The highest BCUT2D eigenvalue weighted by Crippen LogP contribution is 2.31. The Labute approximate surface area is 170 Å². The first kappa shape index (κ1) is 18.3. The Hall–Kier alpha value is -2.70. The van der Waals surface area contributed by atoms with E-state index in [0.29, 0.717) is 39.1 Å². The number of carbonyl (C=O) groups is 1. The van der Waals surface area contributed by atoms with Crippen LogP contribution in [0.5, 0.6) is 0 Å². The van der Waals surface area contributed by atoms with Crippen LogP contribution in [0.2, 0.25) is 0 Å². The molecule has 1 amide bonds. The van der Waals surface area contributed by atoms with E-state index in [1.165, 1.54) is 0 Å². The largest absolute Gasteiger partial charge is 0.347 e. The quantitative estimate of drug-likeness (QED) is 0.685. The average Bonchev–Trinajstić information content (AvgIpc) is 3.37. The third-order valence-corrected chi connectivity index (χ3v) is 5.90. The fourth-order valence-corrected chi connectivity index (χ4v) is 4.37. The van der Waals surface area contributed by atoms with Crippen LogP contribution in [0.1, 0.15) is 25.1 Å². The highest BCUT2D eigenvalue weighted by molar-refractivity contribution is 5.79. The van der Waals surface area contributed by atoms with Gasteiger partial charge in [-0.1, -0.05) is 30.3 Å². The molecule has 0 atom stereocenters. The first-order valence-corrected chi connectivity index (χ1v) is 10.3. The summed E-state index contributed by atoms with van der Waals surface area (Å²) in [5.74, 6) is 0.643. The maximum Gasteiger partial charge on any atom is 0.223 e. The molecule has 6 nitrogen and oxygen atoms in total. The minimum absolute atomic E-state index is 0.171. The maximum absolute atomic E-state index is 12.8. The number of hydrogen-bond donors (Lipinski definition) is 0. The molecule has 2 fully saturated rings. The predicted molar refractivity (Wildman–Crippen MR) is 110 cm³/mol. The van der Waals surface area contributed by atoms with Gasteiger partial charge in [0.1, 0.15) is 5.82 Å². The second-order valence-corrected chi connectivity index (χ2v) is 7.68. The second-order valence-electron chi connectivity index (χ2n) is 7.68. The van der Waals surface area contributed by atoms with Crippen molar-refractivity contribution in [2.45, 2.75) is 31.5 Å². The van der Waals surface area contributed by atoms with Crippen molar-refractivity contribution in [2.24, 2.45) is 0 Å². The second kappa shape index (κ2) is 7.61. The molecule has 0 bridgehead atoms. The smallest absolute Gasteiger partial charge is 0.223 e. The van der Waals surface area contributed by atoms with Crippen molar-refractivity contribution >= 4 is 16.9 Å². The Bertz CT molecular complexity index is 999. The number of aryl methyl sites for hydroxylation is 1. The molecule has 0 unspecified atom stereocenters. The van der Waals surface area contributed by atoms with E-state index in [1.54, 1.807) is 0 Å². The molecule has 0 N–H and O–H groups in total. The number of hydrogen-bond acceptors (Lipinski definition) is 4. The molecule has 2 aliphatic heterocycles. The fourth-order valence-electron chi connectivity index (χ4n) is 4.37. The average molecular weight is 391 g/mol. The van der Waals surface area contributed by atoms with Crippen LogP contribution in [-0.2, 0) is 20.7 Å². The van der Waals surface area contributed by atoms with Crippen molar-refractivity contribution in [3.05, 3.63) is 60.4 Å². The van der Waals surface area contributed by atoms with Crippen LogP contribution in [-0.4, -0.2) is 52.4 Å². The molecule has 29 heavy (non-hydrogen) atoms. The van der Waals surface area contributed by atoms with Gasteiger partial charge in [0.2, 0.25) is 5.91 Å². The topological polar surface area (TPSA) is 56.6 Å². The molecule has 0 saturated carbocycles. The van der Waals surface area contributed by atoms with Gasteiger partial charge < -0.3 is 14.4 Å². The molecule has 2 saturated heterocycles. The van der Waals surface area contributed by atoms with Gasteiger partial charge in [-0.2, -0.15) is 0 Å². The van der Waals surface area contributed by atoms with E-state index in [-0.39, 0.29) is 5.91 Å². The Morgan fingerprint density at radius 2 is 1.66 bits per heavy atom. The van der Waals surface area contributed by atoms with E-state index >= 15 is 0 Å². The minimum Gasteiger partial charge on any atom is -0.347 e. The third kappa shape index (κ3) is 3.54. The van der Waals surface area contributed by atoms with Crippen LogP contribution in [0.3, 0.4) is 0 Å². The molecule has 2 aliphatic rings. The summed E-state index contributed by atoms with van der Waals surface area (Å²) in [6.45, 7) is 2.69. The molecule has 0 radical (unpaired) electrons. The van der Waals surface area contributed by atoms with Crippen molar-refractivity contribution in [1.82, 2.24) is 14.5 Å². The van der Waals surface area contributed by atoms with E-state index in [2.05, 4.69) is 22.8 Å². The summed E-state index contributed by atoms with van der Waals surface area (Å²) in [5.41, 5.74) is 3.09. The molecule has 1 spiro atoms. The lowest BCUT2D eigenvalue weighted by atomic mass is 10.0. The summed E-state index contributed by atoms with van der Waals surface area (Å²) in [4.78, 5) is 19.6. The van der Waals surface area contributed by atoms with Gasteiger partial charge in [0.05, 0.1) is 24.2 Å². The highest BCUT2D eigenvalue weighted by Gasteiger charge is 2.40. The predicted octanol–water partition coefficient (Wildman–Crippen LogP) is 3.32. The van der Waals surface area contributed by atoms with Gasteiger partial charge in [0, 0.05) is 44.5 Å². The van der Waals surface area contributed by atoms with Crippen molar-refractivity contribution in [3.8, 4) is 5.69 Å². The number of rotatable bonds is 4. The molecule has 0 aliphatic carbocycles. The van der Waals surface area contributed by atoms with Crippen LogP contribution in [0.4, 0.5) is 0 Å². The van der Waals surface area contributed by atoms with Crippen molar-refractivity contribution < 1.29 is 14.3 Å². The van der Waals surface area contributed by atoms with Gasteiger partial charge in [-0.25, -0.2) is 4.98 Å². The third-order valence-electron chi connectivity index (χ3n) is 5.90. The molecule has 150 valence electrons. The molecule has 1 aromatic heterocycles. The molecular weight excluding hydrogens is 366 g/mol. The van der Waals surface area contributed by atoms with Crippen LogP contribution < -0.4 is 0 Å². The summed E-state index contributed by atoms with van der Waals surface area (Å²) in [6, 6.07) is 18.3. The zero-order valence-corrected chi connectivity index (χ0v) is 16.4. The zero-order valence-electron chi connectivity index (χ0n) is 16.4. The molecule has 5 rings (SSSR count). The minimum atomic E-state index is -0.446. The van der Waals surface area contributed by atoms with Crippen molar-refractivity contribution in [2.75, 3.05) is 26.3 Å². The highest BCUT2D eigenvalue weighted by atomic mass is 16.7. The summed E-state index contributed by atoms with van der Waals surface area (Å²) in [6.07, 6.45) is 2.56. The molecule has 3 aromatic rings. The van der Waals surface area contributed by atoms with Crippen LogP contribution in [0.25, 0.3) is 16.7 Å². The summed E-state index contributed by atoms with van der Waals surface area (Å²) in [7, 11) is 0. The fraction of sp³-hybridized carbons (Fsp3) is 0.391. The number of fused-ring (bicyclic) bond motifs is 1. The first-order valence-electron chi connectivity index (χ1n) is 10.3. The number of likely N-dealkylation sites (tertiary alicyclic amines) is 1. The van der Waals surface area contributed by atoms with E-state index in [1.807, 2.05) is 41.3 Å². The molecule has 2 aromatic carbocycles.